The number of urea groups is 1. The first kappa shape index (κ1) is 14.4. The lowest BCUT2D eigenvalue weighted by molar-refractivity contribution is 0.0766. The second-order valence-electron chi connectivity index (χ2n) is 6.36. The van der Waals surface area contributed by atoms with Crippen molar-refractivity contribution < 1.29 is 9.90 Å². The Morgan fingerprint density at radius 1 is 1.33 bits per heavy atom. The maximum Gasteiger partial charge on any atom is 0.321 e. The first-order valence-corrected chi connectivity index (χ1v) is 7.99. The Labute approximate surface area is 126 Å². The van der Waals surface area contributed by atoms with E-state index in [1.807, 2.05) is 17.9 Å². The molecule has 2 N–H and O–H groups in total. The number of piperidine rings is 1. The Morgan fingerprint density at radius 3 is 2.95 bits per heavy atom. The molecule has 114 valence electrons. The zero-order valence-corrected chi connectivity index (χ0v) is 12.6. The van der Waals surface area contributed by atoms with Crippen molar-refractivity contribution in [1.29, 1.82) is 0 Å². The van der Waals surface area contributed by atoms with Gasteiger partial charge in [0, 0.05) is 24.7 Å². The summed E-state index contributed by atoms with van der Waals surface area (Å²) < 4.78 is 0. The number of amides is 2. The van der Waals surface area contributed by atoms with Gasteiger partial charge in [0.1, 0.15) is 0 Å². The number of rotatable bonds is 2. The average Bonchev–Trinajstić information content (AvgIpc) is 2.95. The second kappa shape index (κ2) is 6.06. The SMILES string of the molecule is CC(O)C1CCCN(C(=O)Nc2ccc3c(c2)CCC3)C1. The highest BCUT2D eigenvalue weighted by Gasteiger charge is 2.26. The molecule has 0 bridgehead atoms. The Balaban J connectivity index is 1.63. The normalized spacial score (nSPS) is 22.8. The molecular formula is C17H24N2O2. The summed E-state index contributed by atoms with van der Waals surface area (Å²) in [4.78, 5) is 14.2. The number of nitrogens with zero attached hydrogens (tertiary/aromatic N) is 1. The van der Waals surface area contributed by atoms with Gasteiger partial charge in [-0.3, -0.25) is 0 Å². The summed E-state index contributed by atoms with van der Waals surface area (Å²) in [5.74, 6) is 0.199. The third-order valence-corrected chi connectivity index (χ3v) is 4.78. The smallest absolute Gasteiger partial charge is 0.321 e. The summed E-state index contributed by atoms with van der Waals surface area (Å²) >= 11 is 0. The zero-order valence-electron chi connectivity index (χ0n) is 12.6. The largest absolute Gasteiger partial charge is 0.393 e. The Kier molecular flexibility index (Phi) is 4.15. The van der Waals surface area contributed by atoms with Gasteiger partial charge >= 0.3 is 6.03 Å². The van der Waals surface area contributed by atoms with Gasteiger partial charge in [0.2, 0.25) is 0 Å². The Morgan fingerprint density at radius 2 is 2.14 bits per heavy atom. The van der Waals surface area contributed by atoms with Crippen LogP contribution in [-0.2, 0) is 12.8 Å². The number of benzene rings is 1. The number of nitrogens with one attached hydrogen (secondary N) is 1. The van der Waals surface area contributed by atoms with Crippen molar-refractivity contribution in [3.05, 3.63) is 29.3 Å². The van der Waals surface area contributed by atoms with Crippen LogP contribution >= 0.6 is 0 Å². The lowest BCUT2D eigenvalue weighted by atomic mass is 9.94. The van der Waals surface area contributed by atoms with Crippen LogP contribution in [0.25, 0.3) is 0 Å². The van der Waals surface area contributed by atoms with Gasteiger partial charge < -0.3 is 15.3 Å². The van der Waals surface area contributed by atoms with E-state index in [-0.39, 0.29) is 18.1 Å². The molecule has 0 aromatic heterocycles. The molecule has 2 atom stereocenters. The van der Waals surface area contributed by atoms with Gasteiger partial charge in [-0.15, -0.1) is 0 Å². The number of carbonyl (C=O) groups is 1. The maximum absolute atomic E-state index is 12.4. The summed E-state index contributed by atoms with van der Waals surface area (Å²) in [5, 5.41) is 12.7. The van der Waals surface area contributed by atoms with Crippen molar-refractivity contribution >= 4 is 11.7 Å². The van der Waals surface area contributed by atoms with Gasteiger partial charge in [-0.2, -0.15) is 0 Å². The molecule has 0 saturated carbocycles. The number of likely N-dealkylation sites (tertiary alicyclic amines) is 1. The van der Waals surface area contributed by atoms with Crippen molar-refractivity contribution in [3.8, 4) is 0 Å². The lowest BCUT2D eigenvalue weighted by Crippen LogP contribution is -2.44. The number of fused-ring (bicyclic) bond motifs is 1. The molecule has 1 saturated heterocycles. The molecule has 4 heteroatoms. The monoisotopic (exact) mass is 288 g/mol. The van der Waals surface area contributed by atoms with Crippen molar-refractivity contribution in [2.45, 2.75) is 45.1 Å². The topological polar surface area (TPSA) is 52.6 Å². The average molecular weight is 288 g/mol. The summed E-state index contributed by atoms with van der Waals surface area (Å²) in [6.45, 7) is 3.24. The minimum atomic E-state index is -0.347. The molecule has 1 fully saturated rings. The third kappa shape index (κ3) is 3.21. The maximum atomic E-state index is 12.4. The third-order valence-electron chi connectivity index (χ3n) is 4.78. The number of anilines is 1. The van der Waals surface area contributed by atoms with Gasteiger partial charge in [-0.05, 0) is 62.3 Å². The highest BCUT2D eigenvalue weighted by atomic mass is 16.3. The molecule has 1 aromatic carbocycles. The molecule has 1 heterocycles. The number of hydrogen-bond donors (Lipinski definition) is 2. The van der Waals surface area contributed by atoms with Crippen LogP contribution < -0.4 is 5.32 Å². The van der Waals surface area contributed by atoms with Gasteiger partial charge in [0.25, 0.3) is 0 Å². The number of hydrogen-bond acceptors (Lipinski definition) is 2. The highest BCUT2D eigenvalue weighted by Crippen LogP contribution is 2.25. The van der Waals surface area contributed by atoms with E-state index in [4.69, 9.17) is 0 Å². The van der Waals surface area contributed by atoms with E-state index in [1.54, 1.807) is 0 Å². The molecular weight excluding hydrogens is 264 g/mol. The molecule has 1 aliphatic heterocycles. The van der Waals surface area contributed by atoms with E-state index in [0.29, 0.717) is 6.54 Å². The van der Waals surface area contributed by atoms with E-state index >= 15 is 0 Å². The van der Waals surface area contributed by atoms with E-state index < -0.39 is 0 Å². The number of carbonyl (C=O) groups excluding carboxylic acids is 1. The fourth-order valence-corrected chi connectivity index (χ4v) is 3.44. The van der Waals surface area contributed by atoms with Crippen LogP contribution in [-0.4, -0.2) is 35.2 Å². The molecule has 1 aliphatic carbocycles. The van der Waals surface area contributed by atoms with Crippen molar-refractivity contribution in [3.63, 3.8) is 0 Å². The molecule has 3 rings (SSSR count). The summed E-state index contributed by atoms with van der Waals surface area (Å²) in [7, 11) is 0. The van der Waals surface area contributed by atoms with Crippen LogP contribution in [0.3, 0.4) is 0 Å². The van der Waals surface area contributed by atoms with E-state index in [1.165, 1.54) is 17.5 Å². The van der Waals surface area contributed by atoms with Crippen molar-refractivity contribution in [2.24, 2.45) is 5.92 Å². The Bertz CT molecular complexity index is 528. The van der Waals surface area contributed by atoms with Gasteiger partial charge in [-0.1, -0.05) is 6.07 Å². The fourth-order valence-electron chi connectivity index (χ4n) is 3.44. The molecule has 0 spiro atoms. The number of aliphatic hydroxyl groups excluding tert-OH is 1. The summed E-state index contributed by atoms with van der Waals surface area (Å²) in [6, 6.07) is 6.19. The molecule has 1 aromatic rings. The molecule has 0 radical (unpaired) electrons. The van der Waals surface area contributed by atoms with Crippen LogP contribution in [0.2, 0.25) is 0 Å². The van der Waals surface area contributed by atoms with Gasteiger partial charge in [0.05, 0.1) is 6.10 Å². The minimum Gasteiger partial charge on any atom is -0.393 e. The van der Waals surface area contributed by atoms with Crippen LogP contribution in [0.15, 0.2) is 18.2 Å². The number of aliphatic hydroxyl groups is 1. The predicted molar refractivity (Wildman–Crippen MR) is 83.5 cm³/mol. The minimum absolute atomic E-state index is 0.0432. The lowest BCUT2D eigenvalue weighted by Gasteiger charge is -2.34. The van der Waals surface area contributed by atoms with Crippen molar-refractivity contribution in [1.82, 2.24) is 4.90 Å². The fraction of sp³-hybridized carbons (Fsp3) is 0.588. The zero-order chi connectivity index (χ0) is 14.8. The standard InChI is InChI=1S/C17H24N2O2/c1-12(20)15-6-3-9-19(11-15)17(21)18-16-8-7-13-4-2-5-14(13)10-16/h7-8,10,12,15,20H,2-6,9,11H2,1H3,(H,18,21). The second-order valence-corrected chi connectivity index (χ2v) is 6.36. The van der Waals surface area contributed by atoms with E-state index in [2.05, 4.69) is 17.4 Å². The first-order chi connectivity index (χ1) is 10.1. The summed E-state index contributed by atoms with van der Waals surface area (Å²) in [5.41, 5.74) is 3.67. The van der Waals surface area contributed by atoms with E-state index in [9.17, 15) is 9.90 Å². The predicted octanol–water partition coefficient (Wildman–Crippen LogP) is 2.80. The number of aryl methyl sites for hydroxylation is 2. The molecule has 4 nitrogen and oxygen atoms in total. The highest BCUT2D eigenvalue weighted by molar-refractivity contribution is 5.89. The van der Waals surface area contributed by atoms with E-state index in [0.717, 1.165) is 37.9 Å². The molecule has 21 heavy (non-hydrogen) atoms. The van der Waals surface area contributed by atoms with Crippen LogP contribution in [0.4, 0.5) is 10.5 Å². The quantitative estimate of drug-likeness (QED) is 0.879. The van der Waals surface area contributed by atoms with Gasteiger partial charge in [-0.25, -0.2) is 4.79 Å². The van der Waals surface area contributed by atoms with Crippen molar-refractivity contribution in [2.75, 3.05) is 18.4 Å². The van der Waals surface area contributed by atoms with Crippen LogP contribution in [0.5, 0.6) is 0 Å². The summed E-state index contributed by atoms with van der Waals surface area (Å²) in [6.07, 6.45) is 5.11. The van der Waals surface area contributed by atoms with Crippen LogP contribution in [0.1, 0.15) is 37.3 Å². The van der Waals surface area contributed by atoms with Gasteiger partial charge in [0.15, 0.2) is 0 Å². The molecule has 2 aliphatic rings. The molecule has 2 amide bonds. The molecule has 2 unspecified atom stereocenters. The Hall–Kier alpha value is -1.55. The first-order valence-electron chi connectivity index (χ1n) is 7.99. The van der Waals surface area contributed by atoms with Crippen LogP contribution in [0, 0.1) is 5.92 Å².